The number of nitrogens with zero attached hydrogens (tertiary/aromatic N) is 3. The van der Waals surface area contributed by atoms with Gasteiger partial charge in [0, 0.05) is 22.7 Å². The Hall–Kier alpha value is -1.04. The second kappa shape index (κ2) is 6.22. The first-order valence-corrected chi connectivity index (χ1v) is 6.97. The van der Waals surface area contributed by atoms with Crippen molar-refractivity contribution in [1.82, 2.24) is 20.3 Å². The minimum absolute atomic E-state index is 0.227. The van der Waals surface area contributed by atoms with Gasteiger partial charge in [-0.05, 0) is 31.3 Å². The average molecular weight is 283 g/mol. The molecule has 0 bridgehead atoms. The fourth-order valence-corrected chi connectivity index (χ4v) is 2.79. The van der Waals surface area contributed by atoms with Crippen LogP contribution in [0.3, 0.4) is 0 Å². The number of aromatic nitrogens is 3. The van der Waals surface area contributed by atoms with Crippen molar-refractivity contribution in [1.29, 1.82) is 0 Å². The average Bonchev–Trinajstić information content (AvgIpc) is 2.79. The summed E-state index contributed by atoms with van der Waals surface area (Å²) in [6.07, 6.45) is 1.80. The van der Waals surface area contributed by atoms with Crippen LogP contribution in [-0.2, 0) is 7.05 Å². The Morgan fingerprint density at radius 2 is 2.11 bits per heavy atom. The summed E-state index contributed by atoms with van der Waals surface area (Å²) in [7, 11) is 3.85. The molecule has 2 aromatic rings. The molecule has 18 heavy (non-hydrogen) atoms. The first-order chi connectivity index (χ1) is 8.70. The second-order valence-corrected chi connectivity index (χ2v) is 5.42. The molecule has 0 aliphatic heterocycles. The van der Waals surface area contributed by atoms with Gasteiger partial charge in [-0.3, -0.25) is 4.68 Å². The van der Waals surface area contributed by atoms with Crippen molar-refractivity contribution in [3.05, 3.63) is 41.2 Å². The molecule has 0 saturated carbocycles. The molecular weight excluding hydrogens is 268 g/mol. The molecule has 1 aromatic carbocycles. The van der Waals surface area contributed by atoms with Crippen LogP contribution in [0.1, 0.15) is 11.7 Å². The number of rotatable bonds is 5. The van der Waals surface area contributed by atoms with Gasteiger partial charge in [-0.25, -0.2) is 0 Å². The van der Waals surface area contributed by atoms with Gasteiger partial charge in [0.2, 0.25) is 0 Å². The van der Waals surface area contributed by atoms with Crippen LogP contribution in [0.15, 0.2) is 35.4 Å². The molecule has 1 N–H and O–H groups in total. The Balaban J connectivity index is 2.00. The molecule has 0 amide bonds. The minimum atomic E-state index is 0.227. The molecule has 0 fully saturated rings. The van der Waals surface area contributed by atoms with Crippen LogP contribution in [0.25, 0.3) is 0 Å². The zero-order valence-electron chi connectivity index (χ0n) is 10.3. The topological polar surface area (TPSA) is 42.7 Å². The third-order valence-electron chi connectivity index (χ3n) is 2.69. The van der Waals surface area contributed by atoms with Crippen molar-refractivity contribution < 1.29 is 0 Å². The predicted molar refractivity (Wildman–Crippen MR) is 75.0 cm³/mol. The molecule has 4 nitrogen and oxygen atoms in total. The van der Waals surface area contributed by atoms with Crippen LogP contribution < -0.4 is 5.32 Å². The lowest BCUT2D eigenvalue weighted by Crippen LogP contribution is -2.21. The fourth-order valence-electron chi connectivity index (χ4n) is 1.64. The van der Waals surface area contributed by atoms with Crippen molar-refractivity contribution >= 4 is 23.4 Å². The van der Waals surface area contributed by atoms with Crippen LogP contribution >= 0.6 is 23.4 Å². The number of benzene rings is 1. The van der Waals surface area contributed by atoms with E-state index in [1.54, 1.807) is 22.6 Å². The number of halogens is 1. The quantitative estimate of drug-likeness (QED) is 0.856. The van der Waals surface area contributed by atoms with E-state index in [9.17, 15) is 0 Å². The molecule has 6 heteroatoms. The van der Waals surface area contributed by atoms with Crippen LogP contribution in [0.5, 0.6) is 0 Å². The molecule has 1 heterocycles. The highest BCUT2D eigenvalue weighted by Gasteiger charge is 2.13. The molecule has 96 valence electrons. The molecule has 2 rings (SSSR count). The standard InChI is InChI=1S/C12H15ClN4S/c1-14-11(12-7-15-16-17(12)2)8-18-10-5-3-9(13)4-6-10/h3-7,11,14H,8H2,1-2H3. The molecule has 0 spiro atoms. The highest BCUT2D eigenvalue weighted by molar-refractivity contribution is 7.99. The SMILES string of the molecule is CNC(CSc1ccc(Cl)cc1)c1cnnn1C. The monoisotopic (exact) mass is 282 g/mol. The van der Waals surface area contributed by atoms with Crippen molar-refractivity contribution in [2.24, 2.45) is 7.05 Å². The van der Waals surface area contributed by atoms with E-state index >= 15 is 0 Å². The van der Waals surface area contributed by atoms with E-state index < -0.39 is 0 Å². The van der Waals surface area contributed by atoms with Crippen molar-refractivity contribution in [3.8, 4) is 0 Å². The first kappa shape index (κ1) is 13.4. The lowest BCUT2D eigenvalue weighted by molar-refractivity contribution is 0.580. The molecule has 1 atom stereocenters. The summed E-state index contributed by atoms with van der Waals surface area (Å²) in [6, 6.07) is 8.10. The number of thioether (sulfide) groups is 1. The molecule has 1 aromatic heterocycles. The highest BCUT2D eigenvalue weighted by atomic mass is 35.5. The Morgan fingerprint density at radius 1 is 1.39 bits per heavy atom. The normalized spacial score (nSPS) is 12.6. The van der Waals surface area contributed by atoms with E-state index in [0.717, 1.165) is 16.5 Å². The maximum atomic E-state index is 5.86. The highest BCUT2D eigenvalue weighted by Crippen LogP contribution is 2.25. The van der Waals surface area contributed by atoms with Crippen LogP contribution in [0.4, 0.5) is 0 Å². The van der Waals surface area contributed by atoms with E-state index in [0.29, 0.717) is 0 Å². The van der Waals surface area contributed by atoms with Gasteiger partial charge in [0.15, 0.2) is 0 Å². The number of hydrogen-bond acceptors (Lipinski definition) is 4. The van der Waals surface area contributed by atoms with Gasteiger partial charge in [0.05, 0.1) is 17.9 Å². The Bertz CT molecular complexity index is 497. The maximum Gasteiger partial charge on any atom is 0.0761 e. The summed E-state index contributed by atoms with van der Waals surface area (Å²) in [4.78, 5) is 1.20. The van der Waals surface area contributed by atoms with Gasteiger partial charge in [0.25, 0.3) is 0 Å². The number of hydrogen-bond donors (Lipinski definition) is 1. The first-order valence-electron chi connectivity index (χ1n) is 5.61. The molecular formula is C12H15ClN4S. The Labute approximate surface area is 116 Å². The van der Waals surface area contributed by atoms with Gasteiger partial charge in [-0.15, -0.1) is 16.9 Å². The van der Waals surface area contributed by atoms with Gasteiger partial charge in [-0.1, -0.05) is 16.8 Å². The zero-order chi connectivity index (χ0) is 13.0. The maximum absolute atomic E-state index is 5.86. The lowest BCUT2D eigenvalue weighted by Gasteiger charge is -2.15. The zero-order valence-corrected chi connectivity index (χ0v) is 11.9. The summed E-state index contributed by atoms with van der Waals surface area (Å²) in [5.41, 5.74) is 1.08. The summed E-state index contributed by atoms with van der Waals surface area (Å²) >= 11 is 7.64. The smallest absolute Gasteiger partial charge is 0.0761 e. The molecule has 0 aliphatic rings. The van der Waals surface area contributed by atoms with E-state index in [1.165, 1.54) is 4.90 Å². The minimum Gasteiger partial charge on any atom is -0.311 e. The molecule has 0 saturated heterocycles. The number of aryl methyl sites for hydroxylation is 1. The van der Waals surface area contributed by atoms with E-state index in [1.807, 2.05) is 38.4 Å². The van der Waals surface area contributed by atoms with E-state index in [-0.39, 0.29) is 6.04 Å². The third-order valence-corrected chi connectivity index (χ3v) is 4.04. The Morgan fingerprint density at radius 3 is 2.67 bits per heavy atom. The summed E-state index contributed by atoms with van der Waals surface area (Å²) in [5, 5.41) is 11.9. The third kappa shape index (κ3) is 3.25. The summed E-state index contributed by atoms with van der Waals surface area (Å²) < 4.78 is 1.80. The second-order valence-electron chi connectivity index (χ2n) is 3.89. The lowest BCUT2D eigenvalue weighted by atomic mass is 10.2. The molecule has 0 radical (unpaired) electrons. The summed E-state index contributed by atoms with van der Waals surface area (Å²) in [5.74, 6) is 0.916. The van der Waals surface area contributed by atoms with E-state index in [2.05, 4.69) is 15.6 Å². The van der Waals surface area contributed by atoms with Gasteiger partial charge >= 0.3 is 0 Å². The van der Waals surface area contributed by atoms with Gasteiger partial charge in [0.1, 0.15) is 0 Å². The number of nitrogens with one attached hydrogen (secondary N) is 1. The molecule has 0 aliphatic carbocycles. The van der Waals surface area contributed by atoms with Crippen molar-refractivity contribution in [2.45, 2.75) is 10.9 Å². The van der Waals surface area contributed by atoms with Crippen LogP contribution in [-0.4, -0.2) is 27.8 Å². The van der Waals surface area contributed by atoms with Gasteiger partial charge < -0.3 is 5.32 Å². The largest absolute Gasteiger partial charge is 0.311 e. The van der Waals surface area contributed by atoms with Gasteiger partial charge in [-0.2, -0.15) is 0 Å². The van der Waals surface area contributed by atoms with E-state index in [4.69, 9.17) is 11.6 Å². The predicted octanol–water partition coefficient (Wildman–Crippen LogP) is 2.52. The van der Waals surface area contributed by atoms with Crippen LogP contribution in [0.2, 0.25) is 5.02 Å². The van der Waals surface area contributed by atoms with Crippen molar-refractivity contribution in [3.63, 3.8) is 0 Å². The van der Waals surface area contributed by atoms with Crippen LogP contribution in [0, 0.1) is 0 Å². The fraction of sp³-hybridized carbons (Fsp3) is 0.333. The Kier molecular flexibility index (Phi) is 4.63. The molecule has 1 unspecified atom stereocenters. The summed E-state index contributed by atoms with van der Waals surface area (Å²) in [6.45, 7) is 0. The van der Waals surface area contributed by atoms with Crippen molar-refractivity contribution in [2.75, 3.05) is 12.8 Å².